The van der Waals surface area contributed by atoms with E-state index in [-0.39, 0.29) is 22.9 Å². The lowest BCUT2D eigenvalue weighted by Crippen LogP contribution is -2.48. The van der Waals surface area contributed by atoms with Crippen LogP contribution in [0.25, 0.3) is 10.9 Å². The number of carbonyl (C=O) groups is 1. The van der Waals surface area contributed by atoms with Gasteiger partial charge in [-0.15, -0.1) is 11.3 Å². The second-order valence-corrected chi connectivity index (χ2v) is 8.01. The number of amides is 1. The summed E-state index contributed by atoms with van der Waals surface area (Å²) < 4.78 is 6.20. The first-order chi connectivity index (χ1) is 13.2. The van der Waals surface area contributed by atoms with Crippen LogP contribution in [0.2, 0.25) is 0 Å². The van der Waals surface area contributed by atoms with Crippen LogP contribution < -0.4 is 5.56 Å². The van der Waals surface area contributed by atoms with Gasteiger partial charge in [-0.3, -0.25) is 9.59 Å². The molecule has 27 heavy (non-hydrogen) atoms. The number of aromatic amines is 1. The highest BCUT2D eigenvalue weighted by molar-refractivity contribution is 7.10. The number of nitrogens with one attached hydrogen (secondary N) is 1. The van der Waals surface area contributed by atoms with Crippen LogP contribution in [0.4, 0.5) is 0 Å². The van der Waals surface area contributed by atoms with Gasteiger partial charge in [0.05, 0.1) is 17.5 Å². The van der Waals surface area contributed by atoms with Crippen molar-refractivity contribution in [2.24, 2.45) is 0 Å². The van der Waals surface area contributed by atoms with E-state index in [2.05, 4.69) is 21.4 Å². The molecule has 2 aliphatic rings. The van der Waals surface area contributed by atoms with E-state index in [0.717, 1.165) is 25.9 Å². The number of fused-ring (bicyclic) bond motifs is 3. The highest BCUT2D eigenvalue weighted by Crippen LogP contribution is 2.44. The Kier molecular flexibility index (Phi) is 3.87. The highest BCUT2D eigenvalue weighted by Gasteiger charge is 2.42. The maximum atomic E-state index is 12.9. The summed E-state index contributed by atoms with van der Waals surface area (Å²) in [6.07, 6.45) is 2.50. The van der Waals surface area contributed by atoms with Crippen molar-refractivity contribution >= 4 is 28.1 Å². The van der Waals surface area contributed by atoms with Gasteiger partial charge >= 0.3 is 0 Å². The molecule has 7 heteroatoms. The number of likely N-dealkylation sites (tertiary alicyclic amines) is 1. The molecule has 1 spiro atoms. The van der Waals surface area contributed by atoms with Crippen molar-refractivity contribution in [2.75, 3.05) is 19.7 Å². The largest absolute Gasteiger partial charge is 0.369 e. The van der Waals surface area contributed by atoms with Gasteiger partial charge in [0.15, 0.2) is 5.82 Å². The van der Waals surface area contributed by atoms with E-state index in [1.807, 2.05) is 6.07 Å². The summed E-state index contributed by atoms with van der Waals surface area (Å²) in [5.41, 5.74) is 1.38. The lowest BCUT2D eigenvalue weighted by Gasteiger charge is -2.43. The Balaban J connectivity index is 1.39. The van der Waals surface area contributed by atoms with Crippen LogP contribution in [0.15, 0.2) is 40.5 Å². The standard InChI is InChI=1S/C20H19N3O3S/c24-18-14-3-1-2-4-15(14)21-17(22-18)19(25)23-9-7-20(8-10-23)16-13(5-11-26-20)6-12-27-16/h1-4,6,12H,5,7-11H2,(H,21,22,24). The molecule has 1 saturated heterocycles. The number of piperidine rings is 1. The summed E-state index contributed by atoms with van der Waals surface area (Å²) in [5, 5.41) is 2.62. The number of aromatic nitrogens is 2. The first-order valence-electron chi connectivity index (χ1n) is 9.15. The molecule has 1 N–H and O–H groups in total. The van der Waals surface area contributed by atoms with E-state index in [1.54, 1.807) is 34.4 Å². The Morgan fingerprint density at radius 3 is 2.89 bits per heavy atom. The minimum Gasteiger partial charge on any atom is -0.369 e. The van der Waals surface area contributed by atoms with Gasteiger partial charge in [0.2, 0.25) is 0 Å². The number of nitrogens with zero attached hydrogens (tertiary/aromatic N) is 2. The lowest BCUT2D eigenvalue weighted by molar-refractivity contribution is -0.0907. The predicted octanol–water partition coefficient (Wildman–Crippen LogP) is 2.69. The van der Waals surface area contributed by atoms with Crippen LogP contribution in [0.3, 0.4) is 0 Å². The number of carbonyl (C=O) groups excluding carboxylic acids is 1. The minimum atomic E-state index is -0.281. The summed E-state index contributed by atoms with van der Waals surface area (Å²) in [6, 6.07) is 9.24. The van der Waals surface area contributed by atoms with E-state index in [0.29, 0.717) is 24.0 Å². The Morgan fingerprint density at radius 2 is 2.04 bits per heavy atom. The van der Waals surface area contributed by atoms with Gasteiger partial charge in [0.1, 0.15) is 5.60 Å². The van der Waals surface area contributed by atoms with Crippen LogP contribution in [0.5, 0.6) is 0 Å². The Morgan fingerprint density at radius 1 is 1.22 bits per heavy atom. The van der Waals surface area contributed by atoms with Crippen LogP contribution in [0.1, 0.15) is 33.9 Å². The third-order valence-corrected chi connectivity index (χ3v) is 6.73. The molecule has 1 amide bonds. The SMILES string of the molecule is O=C(c1nc2ccccc2c(=O)[nH]1)N1CCC2(CC1)OCCc1ccsc12. The van der Waals surface area contributed by atoms with Crippen LogP contribution >= 0.6 is 11.3 Å². The Labute approximate surface area is 159 Å². The maximum absolute atomic E-state index is 12.9. The Bertz CT molecular complexity index is 1080. The molecule has 3 aromatic rings. The zero-order valence-corrected chi connectivity index (χ0v) is 15.6. The first kappa shape index (κ1) is 16.6. The number of ether oxygens (including phenoxy) is 1. The number of para-hydroxylation sites is 1. The smallest absolute Gasteiger partial charge is 0.289 e. The number of H-pyrrole nitrogens is 1. The predicted molar refractivity (Wildman–Crippen MR) is 103 cm³/mol. The maximum Gasteiger partial charge on any atom is 0.289 e. The average Bonchev–Trinajstić information content (AvgIpc) is 3.19. The topological polar surface area (TPSA) is 75.3 Å². The molecule has 6 nitrogen and oxygen atoms in total. The molecule has 1 aromatic carbocycles. The van der Waals surface area contributed by atoms with E-state index in [9.17, 15) is 9.59 Å². The van der Waals surface area contributed by atoms with Crippen molar-refractivity contribution < 1.29 is 9.53 Å². The van der Waals surface area contributed by atoms with Gasteiger partial charge in [-0.2, -0.15) is 0 Å². The molecule has 0 aliphatic carbocycles. The van der Waals surface area contributed by atoms with E-state index in [1.165, 1.54) is 10.4 Å². The molecule has 138 valence electrons. The third-order valence-electron chi connectivity index (χ3n) is 5.58. The van der Waals surface area contributed by atoms with E-state index >= 15 is 0 Å². The number of hydrogen-bond acceptors (Lipinski definition) is 5. The zero-order valence-electron chi connectivity index (χ0n) is 14.7. The third kappa shape index (κ3) is 2.69. The summed E-state index contributed by atoms with van der Waals surface area (Å²) in [5.74, 6) is -0.119. The van der Waals surface area contributed by atoms with Gasteiger partial charge < -0.3 is 14.6 Å². The molecular formula is C20H19N3O3S. The summed E-state index contributed by atoms with van der Waals surface area (Å²) in [7, 11) is 0. The number of thiophene rings is 1. The molecule has 2 aliphatic heterocycles. The van der Waals surface area contributed by atoms with Gasteiger partial charge in [0, 0.05) is 18.0 Å². The van der Waals surface area contributed by atoms with Crippen molar-refractivity contribution in [2.45, 2.75) is 24.9 Å². The van der Waals surface area contributed by atoms with Gasteiger partial charge in [-0.25, -0.2) is 4.98 Å². The van der Waals surface area contributed by atoms with Crippen molar-refractivity contribution in [1.29, 1.82) is 0 Å². The van der Waals surface area contributed by atoms with Gasteiger partial charge in [-0.05, 0) is 48.4 Å². The molecule has 0 radical (unpaired) electrons. The van der Waals surface area contributed by atoms with Crippen LogP contribution in [-0.4, -0.2) is 40.5 Å². The van der Waals surface area contributed by atoms with Crippen molar-refractivity contribution in [3.8, 4) is 0 Å². The molecular weight excluding hydrogens is 362 g/mol. The quantitative estimate of drug-likeness (QED) is 0.703. The lowest BCUT2D eigenvalue weighted by atomic mass is 9.85. The molecule has 0 saturated carbocycles. The number of benzene rings is 1. The second-order valence-electron chi connectivity index (χ2n) is 7.09. The van der Waals surface area contributed by atoms with Crippen molar-refractivity contribution in [3.05, 3.63) is 62.3 Å². The normalized spacial score (nSPS) is 18.6. The molecule has 4 heterocycles. The van der Waals surface area contributed by atoms with Crippen molar-refractivity contribution in [3.63, 3.8) is 0 Å². The van der Waals surface area contributed by atoms with Crippen LogP contribution in [-0.2, 0) is 16.8 Å². The highest BCUT2D eigenvalue weighted by atomic mass is 32.1. The molecule has 0 bridgehead atoms. The fraction of sp³-hybridized carbons (Fsp3) is 0.350. The zero-order chi connectivity index (χ0) is 18.4. The second kappa shape index (κ2) is 6.28. The monoisotopic (exact) mass is 381 g/mol. The summed E-state index contributed by atoms with van der Waals surface area (Å²) >= 11 is 1.75. The van der Waals surface area contributed by atoms with Gasteiger partial charge in [-0.1, -0.05) is 12.1 Å². The van der Waals surface area contributed by atoms with E-state index < -0.39 is 0 Å². The Hall–Kier alpha value is -2.51. The first-order valence-corrected chi connectivity index (χ1v) is 10.0. The fourth-order valence-electron chi connectivity index (χ4n) is 4.13. The van der Waals surface area contributed by atoms with E-state index in [4.69, 9.17) is 4.74 Å². The van der Waals surface area contributed by atoms with Crippen LogP contribution in [0, 0.1) is 0 Å². The summed E-state index contributed by atoms with van der Waals surface area (Å²) in [6.45, 7) is 1.91. The molecule has 1 fully saturated rings. The minimum absolute atomic E-state index is 0.107. The average molecular weight is 381 g/mol. The summed E-state index contributed by atoms with van der Waals surface area (Å²) in [4.78, 5) is 35.3. The number of hydrogen-bond donors (Lipinski definition) is 1. The van der Waals surface area contributed by atoms with Gasteiger partial charge in [0.25, 0.3) is 11.5 Å². The number of rotatable bonds is 1. The molecule has 0 atom stereocenters. The molecule has 2 aromatic heterocycles. The molecule has 5 rings (SSSR count). The van der Waals surface area contributed by atoms with Crippen molar-refractivity contribution in [1.82, 2.24) is 14.9 Å². The molecule has 0 unspecified atom stereocenters. The fourth-order valence-corrected chi connectivity index (χ4v) is 5.30.